The Labute approximate surface area is 120 Å². The average molecular weight is 296 g/mol. The number of methoxy groups -OCH3 is 1. The van der Waals surface area contributed by atoms with Crippen molar-refractivity contribution in [1.29, 1.82) is 0 Å². The Bertz CT molecular complexity index is 660. The first-order valence-electron chi connectivity index (χ1n) is 6.33. The number of halogens is 3. The van der Waals surface area contributed by atoms with Crippen LogP contribution in [0.15, 0.2) is 24.3 Å². The summed E-state index contributed by atoms with van der Waals surface area (Å²) >= 11 is 0. The first kappa shape index (κ1) is 15.4. The van der Waals surface area contributed by atoms with Crippen molar-refractivity contribution < 1.29 is 23.0 Å². The average Bonchev–Trinajstić information content (AvgIpc) is 2.46. The van der Waals surface area contributed by atoms with Gasteiger partial charge in [0.2, 0.25) is 0 Å². The molecule has 0 aliphatic carbocycles. The highest BCUT2D eigenvalue weighted by molar-refractivity contribution is 5.48. The topological polar surface area (TPSA) is 29.5 Å². The lowest BCUT2D eigenvalue weighted by atomic mass is 9.96. The van der Waals surface area contributed by atoms with Gasteiger partial charge in [0.25, 0.3) is 0 Å². The third kappa shape index (κ3) is 2.74. The fourth-order valence-electron chi connectivity index (χ4n) is 2.21. The van der Waals surface area contributed by atoms with Crippen LogP contribution in [0.2, 0.25) is 0 Å². The maximum Gasteiger partial charge on any atom is 0.194 e. The van der Waals surface area contributed by atoms with Gasteiger partial charge in [-0.3, -0.25) is 0 Å². The lowest BCUT2D eigenvalue weighted by molar-refractivity contribution is 0.213. The van der Waals surface area contributed by atoms with Crippen LogP contribution in [0.1, 0.15) is 28.4 Å². The van der Waals surface area contributed by atoms with Crippen molar-refractivity contribution in [2.24, 2.45) is 0 Å². The SMILES string of the molecule is COc1c(C(O)c2cc(F)c(F)c(F)c2)ccc(C)c1C. The third-order valence-electron chi connectivity index (χ3n) is 3.53. The van der Waals surface area contributed by atoms with Crippen molar-refractivity contribution in [3.8, 4) is 5.75 Å². The van der Waals surface area contributed by atoms with Gasteiger partial charge in [0.1, 0.15) is 11.9 Å². The normalized spacial score (nSPS) is 12.3. The van der Waals surface area contributed by atoms with E-state index in [4.69, 9.17) is 4.74 Å². The van der Waals surface area contributed by atoms with Crippen molar-refractivity contribution in [2.45, 2.75) is 20.0 Å². The molecule has 5 heteroatoms. The van der Waals surface area contributed by atoms with Gasteiger partial charge in [-0.1, -0.05) is 12.1 Å². The van der Waals surface area contributed by atoms with Crippen LogP contribution in [0.4, 0.5) is 13.2 Å². The fourth-order valence-corrected chi connectivity index (χ4v) is 2.21. The molecule has 0 saturated carbocycles. The highest BCUT2D eigenvalue weighted by Gasteiger charge is 2.21. The Kier molecular flexibility index (Phi) is 4.23. The molecule has 0 aromatic heterocycles. The molecule has 0 aliphatic rings. The van der Waals surface area contributed by atoms with Gasteiger partial charge < -0.3 is 9.84 Å². The Balaban J connectivity index is 2.55. The van der Waals surface area contributed by atoms with E-state index in [1.54, 1.807) is 12.1 Å². The number of aryl methyl sites for hydroxylation is 1. The predicted octanol–water partition coefficient (Wildman–Crippen LogP) is 3.81. The summed E-state index contributed by atoms with van der Waals surface area (Å²) in [6, 6.07) is 4.94. The van der Waals surface area contributed by atoms with Crippen molar-refractivity contribution in [3.63, 3.8) is 0 Å². The molecule has 1 atom stereocenters. The molecule has 2 nitrogen and oxygen atoms in total. The monoisotopic (exact) mass is 296 g/mol. The number of aliphatic hydroxyl groups excluding tert-OH is 1. The molecule has 0 amide bonds. The molecule has 2 aromatic rings. The maximum atomic E-state index is 13.3. The van der Waals surface area contributed by atoms with Gasteiger partial charge >= 0.3 is 0 Å². The summed E-state index contributed by atoms with van der Waals surface area (Å²) in [5.41, 5.74) is 2.07. The van der Waals surface area contributed by atoms with Crippen LogP contribution in [-0.4, -0.2) is 12.2 Å². The predicted molar refractivity (Wildman–Crippen MR) is 72.8 cm³/mol. The van der Waals surface area contributed by atoms with Gasteiger partial charge in [0, 0.05) is 5.56 Å². The third-order valence-corrected chi connectivity index (χ3v) is 3.53. The molecule has 1 N–H and O–H groups in total. The molecule has 0 spiro atoms. The van der Waals surface area contributed by atoms with Gasteiger partial charge in [-0.25, -0.2) is 13.2 Å². The summed E-state index contributed by atoms with van der Waals surface area (Å²) in [6.07, 6.45) is -1.32. The van der Waals surface area contributed by atoms with E-state index in [1.165, 1.54) is 7.11 Å². The summed E-state index contributed by atoms with van der Waals surface area (Å²) in [5, 5.41) is 10.3. The van der Waals surface area contributed by atoms with Gasteiger partial charge in [0.05, 0.1) is 7.11 Å². The number of hydrogen-bond acceptors (Lipinski definition) is 2. The van der Waals surface area contributed by atoms with Crippen molar-refractivity contribution in [3.05, 3.63) is 64.0 Å². The highest BCUT2D eigenvalue weighted by Crippen LogP contribution is 2.34. The molecule has 0 saturated heterocycles. The molecule has 2 aromatic carbocycles. The maximum absolute atomic E-state index is 13.3. The zero-order chi connectivity index (χ0) is 15.7. The number of benzene rings is 2. The Morgan fingerprint density at radius 2 is 1.62 bits per heavy atom. The van der Waals surface area contributed by atoms with E-state index in [0.717, 1.165) is 23.3 Å². The summed E-state index contributed by atoms with van der Waals surface area (Å²) in [5.74, 6) is -3.80. The van der Waals surface area contributed by atoms with Gasteiger partial charge in [-0.05, 0) is 42.7 Å². The van der Waals surface area contributed by atoms with E-state index in [-0.39, 0.29) is 5.56 Å². The summed E-state index contributed by atoms with van der Waals surface area (Å²) < 4.78 is 44.8. The number of rotatable bonds is 3. The van der Waals surface area contributed by atoms with Crippen LogP contribution in [0.3, 0.4) is 0 Å². The van der Waals surface area contributed by atoms with Crippen LogP contribution in [0.25, 0.3) is 0 Å². The van der Waals surface area contributed by atoms with E-state index in [0.29, 0.717) is 11.3 Å². The molecule has 0 radical (unpaired) electrons. The van der Waals surface area contributed by atoms with Gasteiger partial charge in [-0.15, -0.1) is 0 Å². The van der Waals surface area contributed by atoms with Crippen LogP contribution in [-0.2, 0) is 0 Å². The molecule has 1 unspecified atom stereocenters. The zero-order valence-electron chi connectivity index (χ0n) is 11.9. The minimum atomic E-state index is -1.56. The summed E-state index contributed by atoms with van der Waals surface area (Å²) in [4.78, 5) is 0. The lowest BCUT2D eigenvalue weighted by Crippen LogP contribution is -2.06. The minimum absolute atomic E-state index is 0.0760. The Morgan fingerprint density at radius 3 is 2.14 bits per heavy atom. The molecule has 0 bridgehead atoms. The largest absolute Gasteiger partial charge is 0.496 e. The summed E-state index contributed by atoms with van der Waals surface area (Å²) in [7, 11) is 1.45. The first-order chi connectivity index (χ1) is 9.86. The van der Waals surface area contributed by atoms with E-state index >= 15 is 0 Å². The Hall–Kier alpha value is -2.01. The second-order valence-electron chi connectivity index (χ2n) is 4.83. The standard InChI is InChI=1S/C16H15F3O2/c1-8-4-5-11(16(21-3)9(8)2)15(20)10-6-12(17)14(19)13(18)7-10/h4-7,15,20H,1-3H3. The molecule has 0 aliphatic heterocycles. The second-order valence-corrected chi connectivity index (χ2v) is 4.83. The number of hydrogen-bond donors (Lipinski definition) is 1. The van der Waals surface area contributed by atoms with Crippen molar-refractivity contribution >= 4 is 0 Å². The smallest absolute Gasteiger partial charge is 0.194 e. The van der Waals surface area contributed by atoms with E-state index < -0.39 is 23.6 Å². The van der Waals surface area contributed by atoms with Crippen LogP contribution in [0, 0.1) is 31.3 Å². The minimum Gasteiger partial charge on any atom is -0.496 e. The molecule has 21 heavy (non-hydrogen) atoms. The van der Waals surface area contributed by atoms with E-state index in [9.17, 15) is 18.3 Å². The molecule has 112 valence electrons. The Morgan fingerprint density at radius 1 is 1.05 bits per heavy atom. The molecular formula is C16H15F3O2. The number of aliphatic hydroxyl groups is 1. The van der Waals surface area contributed by atoms with E-state index in [2.05, 4.69) is 0 Å². The van der Waals surface area contributed by atoms with Crippen LogP contribution >= 0.6 is 0 Å². The van der Waals surface area contributed by atoms with Crippen molar-refractivity contribution in [2.75, 3.05) is 7.11 Å². The lowest BCUT2D eigenvalue weighted by Gasteiger charge is -2.18. The molecule has 0 heterocycles. The van der Waals surface area contributed by atoms with Crippen molar-refractivity contribution in [1.82, 2.24) is 0 Å². The van der Waals surface area contributed by atoms with Gasteiger partial charge in [-0.2, -0.15) is 0 Å². The van der Waals surface area contributed by atoms with E-state index in [1.807, 2.05) is 13.8 Å². The van der Waals surface area contributed by atoms with Crippen LogP contribution < -0.4 is 4.74 Å². The highest BCUT2D eigenvalue weighted by atomic mass is 19.2. The first-order valence-corrected chi connectivity index (χ1v) is 6.33. The zero-order valence-corrected chi connectivity index (χ0v) is 11.9. The molecular weight excluding hydrogens is 281 g/mol. The fraction of sp³-hybridized carbons (Fsp3) is 0.250. The molecule has 2 rings (SSSR count). The summed E-state index contributed by atoms with van der Waals surface area (Å²) in [6.45, 7) is 3.70. The molecule has 0 fully saturated rings. The number of ether oxygens (including phenoxy) is 1. The van der Waals surface area contributed by atoms with Gasteiger partial charge in [0.15, 0.2) is 17.5 Å². The second kappa shape index (κ2) is 5.77. The quantitative estimate of drug-likeness (QED) is 0.873. The van der Waals surface area contributed by atoms with Crippen LogP contribution in [0.5, 0.6) is 5.75 Å².